The lowest BCUT2D eigenvalue weighted by atomic mass is 10.00. The van der Waals surface area contributed by atoms with Crippen LogP contribution in [0.15, 0.2) is 17.1 Å². The minimum atomic E-state index is 0.446. The van der Waals surface area contributed by atoms with Gasteiger partial charge < -0.3 is 24.8 Å². The predicted molar refractivity (Wildman–Crippen MR) is 91.4 cm³/mol. The third-order valence-electron chi connectivity index (χ3n) is 4.31. The lowest BCUT2D eigenvalue weighted by molar-refractivity contribution is 0.277. The Morgan fingerprint density at radius 2 is 1.65 bits per heavy atom. The number of hydrogen-bond donors (Lipinski definition) is 1. The van der Waals surface area contributed by atoms with Crippen LogP contribution < -0.4 is 19.9 Å². The van der Waals surface area contributed by atoms with Gasteiger partial charge in [-0.25, -0.2) is 4.99 Å². The van der Waals surface area contributed by atoms with Crippen molar-refractivity contribution in [3.63, 3.8) is 0 Å². The number of nitrogens with two attached hydrogens (primary N) is 1. The zero-order chi connectivity index (χ0) is 16.8. The molecule has 6 heteroatoms. The molecule has 1 heterocycles. The first kappa shape index (κ1) is 17.2. The van der Waals surface area contributed by atoms with E-state index in [1.807, 2.05) is 12.1 Å². The van der Waals surface area contributed by atoms with Gasteiger partial charge >= 0.3 is 0 Å². The van der Waals surface area contributed by atoms with Crippen LogP contribution in [0.4, 0.5) is 0 Å². The van der Waals surface area contributed by atoms with E-state index in [0.29, 0.717) is 29.8 Å². The molecule has 128 valence electrons. The molecule has 2 rings (SSSR count). The van der Waals surface area contributed by atoms with Gasteiger partial charge in [-0.15, -0.1) is 0 Å². The number of piperidine rings is 1. The van der Waals surface area contributed by atoms with Crippen molar-refractivity contribution in [3.05, 3.63) is 17.7 Å². The quantitative estimate of drug-likeness (QED) is 0.665. The number of methoxy groups -OCH3 is 3. The minimum absolute atomic E-state index is 0.446. The summed E-state index contributed by atoms with van der Waals surface area (Å²) in [6.07, 6.45) is 2.33. The van der Waals surface area contributed by atoms with Crippen LogP contribution in [-0.2, 0) is 6.54 Å². The number of likely N-dealkylation sites (tertiary alicyclic amines) is 1. The Balaban J connectivity index is 2.13. The van der Waals surface area contributed by atoms with Crippen LogP contribution in [-0.4, -0.2) is 45.3 Å². The Hall–Kier alpha value is -2.11. The number of rotatable bonds is 5. The monoisotopic (exact) mass is 321 g/mol. The smallest absolute Gasteiger partial charge is 0.191 e. The third kappa shape index (κ3) is 4.21. The summed E-state index contributed by atoms with van der Waals surface area (Å²) in [7, 11) is 4.84. The molecule has 23 heavy (non-hydrogen) atoms. The molecular weight excluding hydrogens is 294 g/mol. The van der Waals surface area contributed by atoms with E-state index in [4.69, 9.17) is 19.9 Å². The standard InChI is InChI=1S/C17H27N3O3/c1-12-5-7-20(8-6-12)17(18)19-11-13-9-15(22-3)16(23-4)10-14(13)21-2/h9-10,12H,5-8,11H2,1-4H3,(H2,18,19). The van der Waals surface area contributed by atoms with Gasteiger partial charge in [0, 0.05) is 24.7 Å². The van der Waals surface area contributed by atoms with Gasteiger partial charge in [0.15, 0.2) is 17.5 Å². The highest BCUT2D eigenvalue weighted by Gasteiger charge is 2.17. The molecular formula is C17H27N3O3. The van der Waals surface area contributed by atoms with Crippen molar-refractivity contribution in [2.75, 3.05) is 34.4 Å². The molecule has 0 aliphatic carbocycles. The maximum Gasteiger partial charge on any atom is 0.191 e. The molecule has 0 bridgehead atoms. The summed E-state index contributed by atoms with van der Waals surface area (Å²) >= 11 is 0. The van der Waals surface area contributed by atoms with Crippen molar-refractivity contribution in [3.8, 4) is 17.2 Å². The molecule has 0 radical (unpaired) electrons. The Bertz CT molecular complexity index is 552. The van der Waals surface area contributed by atoms with Crippen molar-refractivity contribution in [1.29, 1.82) is 0 Å². The molecule has 1 aliphatic rings. The highest BCUT2D eigenvalue weighted by atomic mass is 16.5. The molecule has 1 aromatic rings. The maximum absolute atomic E-state index is 6.14. The number of ether oxygens (including phenoxy) is 3. The van der Waals surface area contributed by atoms with Gasteiger partial charge in [-0.1, -0.05) is 6.92 Å². The van der Waals surface area contributed by atoms with Crippen molar-refractivity contribution < 1.29 is 14.2 Å². The minimum Gasteiger partial charge on any atom is -0.496 e. The molecule has 0 aromatic heterocycles. The largest absolute Gasteiger partial charge is 0.496 e. The van der Waals surface area contributed by atoms with Crippen molar-refractivity contribution in [2.24, 2.45) is 16.6 Å². The summed E-state index contributed by atoms with van der Waals surface area (Å²) in [5.41, 5.74) is 7.05. The van der Waals surface area contributed by atoms with E-state index in [2.05, 4.69) is 16.8 Å². The molecule has 1 saturated heterocycles. The van der Waals surface area contributed by atoms with Gasteiger partial charge in [0.2, 0.25) is 0 Å². The zero-order valence-electron chi connectivity index (χ0n) is 14.5. The lowest BCUT2D eigenvalue weighted by Crippen LogP contribution is -2.42. The van der Waals surface area contributed by atoms with E-state index < -0.39 is 0 Å². The highest BCUT2D eigenvalue weighted by Crippen LogP contribution is 2.34. The fourth-order valence-corrected chi connectivity index (χ4v) is 2.72. The molecule has 0 atom stereocenters. The number of nitrogens with zero attached hydrogens (tertiary/aromatic N) is 2. The Labute approximate surface area is 138 Å². The molecule has 1 aromatic carbocycles. The fraction of sp³-hybridized carbons (Fsp3) is 0.588. The lowest BCUT2D eigenvalue weighted by Gasteiger charge is -2.31. The average molecular weight is 321 g/mol. The van der Waals surface area contributed by atoms with Gasteiger partial charge in [-0.3, -0.25) is 0 Å². The summed E-state index contributed by atoms with van der Waals surface area (Å²) < 4.78 is 16.1. The second-order valence-corrected chi connectivity index (χ2v) is 5.86. The van der Waals surface area contributed by atoms with E-state index >= 15 is 0 Å². The fourth-order valence-electron chi connectivity index (χ4n) is 2.72. The summed E-state index contributed by atoms with van der Waals surface area (Å²) in [4.78, 5) is 6.67. The van der Waals surface area contributed by atoms with E-state index in [9.17, 15) is 0 Å². The van der Waals surface area contributed by atoms with Crippen LogP contribution >= 0.6 is 0 Å². The number of aliphatic imine (C=N–C) groups is 1. The molecule has 2 N–H and O–H groups in total. The molecule has 1 fully saturated rings. The van der Waals surface area contributed by atoms with Gasteiger partial charge in [-0.05, 0) is 24.8 Å². The maximum atomic E-state index is 6.14. The first-order chi connectivity index (χ1) is 11.1. The average Bonchev–Trinajstić information content (AvgIpc) is 2.59. The van der Waals surface area contributed by atoms with Crippen LogP contribution in [0.5, 0.6) is 17.2 Å². The van der Waals surface area contributed by atoms with Crippen molar-refractivity contribution in [1.82, 2.24) is 4.90 Å². The normalized spacial score (nSPS) is 16.3. The number of hydrogen-bond acceptors (Lipinski definition) is 4. The van der Waals surface area contributed by atoms with Crippen LogP contribution in [0.25, 0.3) is 0 Å². The SMILES string of the molecule is COc1cc(OC)c(OC)cc1CN=C(N)N1CCC(C)CC1. The van der Waals surface area contributed by atoms with Gasteiger partial charge in [0.25, 0.3) is 0 Å². The molecule has 0 amide bonds. The van der Waals surface area contributed by atoms with Crippen molar-refractivity contribution in [2.45, 2.75) is 26.3 Å². The highest BCUT2D eigenvalue weighted by molar-refractivity contribution is 5.78. The van der Waals surface area contributed by atoms with E-state index in [0.717, 1.165) is 37.4 Å². The van der Waals surface area contributed by atoms with Crippen LogP contribution in [0.1, 0.15) is 25.3 Å². The first-order valence-corrected chi connectivity index (χ1v) is 7.92. The van der Waals surface area contributed by atoms with E-state index in [1.165, 1.54) is 0 Å². The first-order valence-electron chi connectivity index (χ1n) is 7.92. The predicted octanol–water partition coefficient (Wildman–Crippen LogP) is 2.26. The number of benzene rings is 1. The van der Waals surface area contributed by atoms with Crippen LogP contribution in [0, 0.1) is 5.92 Å². The molecule has 1 aliphatic heterocycles. The molecule has 0 saturated carbocycles. The second kappa shape index (κ2) is 7.94. The molecule has 0 spiro atoms. The van der Waals surface area contributed by atoms with E-state index in [1.54, 1.807) is 21.3 Å². The summed E-state index contributed by atoms with van der Waals surface area (Å²) in [5, 5.41) is 0. The van der Waals surface area contributed by atoms with Gasteiger partial charge in [0.05, 0.1) is 27.9 Å². The van der Waals surface area contributed by atoms with Crippen LogP contribution in [0.2, 0.25) is 0 Å². The summed E-state index contributed by atoms with van der Waals surface area (Å²) in [5.74, 6) is 3.36. The summed E-state index contributed by atoms with van der Waals surface area (Å²) in [6.45, 7) is 4.67. The van der Waals surface area contributed by atoms with Gasteiger partial charge in [-0.2, -0.15) is 0 Å². The third-order valence-corrected chi connectivity index (χ3v) is 4.31. The Morgan fingerprint density at radius 3 is 2.22 bits per heavy atom. The molecule has 0 unspecified atom stereocenters. The Morgan fingerprint density at radius 1 is 1.09 bits per heavy atom. The Kier molecular flexibility index (Phi) is 5.96. The second-order valence-electron chi connectivity index (χ2n) is 5.86. The topological polar surface area (TPSA) is 69.3 Å². The van der Waals surface area contributed by atoms with Crippen molar-refractivity contribution >= 4 is 5.96 Å². The van der Waals surface area contributed by atoms with Gasteiger partial charge in [0.1, 0.15) is 5.75 Å². The molecule has 6 nitrogen and oxygen atoms in total. The zero-order valence-corrected chi connectivity index (χ0v) is 14.5. The van der Waals surface area contributed by atoms with Crippen LogP contribution in [0.3, 0.4) is 0 Å². The number of guanidine groups is 1. The van der Waals surface area contributed by atoms with E-state index in [-0.39, 0.29) is 0 Å². The summed E-state index contributed by atoms with van der Waals surface area (Å²) in [6, 6.07) is 3.69.